The normalized spacial score (nSPS) is 14.4. The summed E-state index contributed by atoms with van der Waals surface area (Å²) in [5.41, 5.74) is 0.928. The zero-order valence-corrected chi connectivity index (χ0v) is 21.1. The molecular formula is C22H26BrN3O4S2. The first-order chi connectivity index (χ1) is 15.2. The maximum atomic E-state index is 12.8. The number of hydrogen-bond acceptors (Lipinski definition) is 5. The molecule has 0 unspecified atom stereocenters. The number of carbonyl (C=O) groups excluding carboxylic acids is 1. The van der Waals surface area contributed by atoms with Crippen molar-refractivity contribution in [2.45, 2.75) is 31.6 Å². The molecule has 0 aliphatic carbocycles. The average Bonchev–Trinajstić information content (AvgIpc) is 3.29. The van der Waals surface area contributed by atoms with Crippen LogP contribution >= 0.6 is 28.1 Å². The van der Waals surface area contributed by atoms with E-state index in [1.165, 1.54) is 16.4 Å². The van der Waals surface area contributed by atoms with Crippen LogP contribution in [0.1, 0.15) is 37.0 Å². The molecule has 0 bridgehead atoms. The van der Waals surface area contributed by atoms with Crippen LogP contribution in [0.5, 0.6) is 5.75 Å². The number of ether oxygens (including phenoxy) is 1. The lowest BCUT2D eigenvalue weighted by Crippen LogP contribution is -2.34. The van der Waals surface area contributed by atoms with Crippen molar-refractivity contribution in [3.63, 3.8) is 0 Å². The number of carbonyl (C=O) groups is 1. The second-order valence-electron chi connectivity index (χ2n) is 7.89. The molecule has 1 amide bonds. The number of benzene rings is 2. The molecule has 0 spiro atoms. The Labute approximate surface area is 202 Å². The fourth-order valence-corrected chi connectivity index (χ4v) is 5.27. The van der Waals surface area contributed by atoms with Gasteiger partial charge >= 0.3 is 0 Å². The van der Waals surface area contributed by atoms with Crippen molar-refractivity contribution in [1.29, 1.82) is 0 Å². The van der Waals surface area contributed by atoms with Gasteiger partial charge in [0.25, 0.3) is 5.91 Å². The van der Waals surface area contributed by atoms with Crippen molar-refractivity contribution in [1.82, 2.24) is 9.62 Å². The fraction of sp³-hybridized carbons (Fsp3) is 0.364. The van der Waals surface area contributed by atoms with E-state index in [0.29, 0.717) is 42.6 Å². The van der Waals surface area contributed by atoms with Crippen molar-refractivity contribution < 1.29 is 17.9 Å². The van der Waals surface area contributed by atoms with Gasteiger partial charge in [-0.15, -0.1) is 0 Å². The smallest absolute Gasteiger partial charge is 0.261 e. The fourth-order valence-electron chi connectivity index (χ4n) is 3.18. The summed E-state index contributed by atoms with van der Waals surface area (Å²) in [6.07, 6.45) is 1.77. The van der Waals surface area contributed by atoms with Gasteiger partial charge in [-0.2, -0.15) is 4.31 Å². The van der Waals surface area contributed by atoms with Crippen LogP contribution in [0.2, 0.25) is 0 Å². The van der Waals surface area contributed by atoms with Crippen LogP contribution in [0, 0.1) is 5.92 Å². The van der Waals surface area contributed by atoms with Gasteiger partial charge in [-0.05, 0) is 73.4 Å². The van der Waals surface area contributed by atoms with E-state index in [2.05, 4.69) is 26.6 Å². The summed E-state index contributed by atoms with van der Waals surface area (Å²) in [6, 6.07) is 11.5. The van der Waals surface area contributed by atoms with Gasteiger partial charge < -0.3 is 10.1 Å². The molecule has 0 radical (unpaired) electrons. The van der Waals surface area contributed by atoms with E-state index in [-0.39, 0.29) is 10.0 Å². The predicted molar refractivity (Wildman–Crippen MR) is 133 cm³/mol. The zero-order chi connectivity index (χ0) is 23.3. The summed E-state index contributed by atoms with van der Waals surface area (Å²) in [4.78, 5) is 13.0. The van der Waals surface area contributed by atoms with Crippen LogP contribution in [0.4, 0.5) is 5.69 Å². The van der Waals surface area contributed by atoms with E-state index in [9.17, 15) is 13.2 Å². The lowest BCUT2D eigenvalue weighted by Gasteiger charge is -2.16. The van der Waals surface area contributed by atoms with Crippen LogP contribution < -0.4 is 15.4 Å². The van der Waals surface area contributed by atoms with E-state index in [0.717, 1.165) is 17.3 Å². The summed E-state index contributed by atoms with van der Waals surface area (Å²) < 4.78 is 33.3. The molecule has 0 aromatic heterocycles. The molecule has 0 atom stereocenters. The molecule has 1 saturated heterocycles. The molecule has 1 fully saturated rings. The first-order valence-corrected chi connectivity index (χ1v) is 13.0. The van der Waals surface area contributed by atoms with E-state index >= 15 is 0 Å². The number of nitrogens with one attached hydrogen (secondary N) is 2. The monoisotopic (exact) mass is 539 g/mol. The van der Waals surface area contributed by atoms with Gasteiger partial charge in [0, 0.05) is 23.2 Å². The van der Waals surface area contributed by atoms with Crippen LogP contribution in [0.25, 0.3) is 0 Å². The van der Waals surface area contributed by atoms with Gasteiger partial charge in [0.1, 0.15) is 5.75 Å². The molecule has 1 aliphatic rings. The molecule has 2 aromatic carbocycles. The zero-order valence-electron chi connectivity index (χ0n) is 17.9. The average molecular weight is 541 g/mol. The first-order valence-electron chi connectivity index (χ1n) is 10.3. The molecule has 0 saturated carbocycles. The number of nitrogens with zero attached hydrogens (tertiary/aromatic N) is 1. The number of anilines is 1. The minimum absolute atomic E-state index is 0.0972. The highest BCUT2D eigenvalue weighted by Gasteiger charge is 2.27. The lowest BCUT2D eigenvalue weighted by atomic mass is 10.2. The Kier molecular flexibility index (Phi) is 8.26. The molecule has 172 valence electrons. The second kappa shape index (κ2) is 10.7. The maximum absolute atomic E-state index is 12.8. The summed E-state index contributed by atoms with van der Waals surface area (Å²) in [5.74, 6) is 0.379. The number of amides is 1. The van der Waals surface area contributed by atoms with Crippen molar-refractivity contribution in [2.24, 2.45) is 5.92 Å². The van der Waals surface area contributed by atoms with Gasteiger partial charge in [0.15, 0.2) is 5.11 Å². The van der Waals surface area contributed by atoms with Crippen molar-refractivity contribution in [3.05, 3.63) is 52.5 Å². The Morgan fingerprint density at radius 3 is 2.44 bits per heavy atom. The maximum Gasteiger partial charge on any atom is 0.261 e. The van der Waals surface area contributed by atoms with Gasteiger partial charge in [0.05, 0.1) is 17.1 Å². The standard InChI is InChI=1S/C22H26BrN3O4S2/c1-15(2)14-30-20-10-5-16(23)13-19(20)21(27)25-22(31)24-17-6-8-18(9-7-17)32(28,29)26-11-3-4-12-26/h5-10,13,15H,3-4,11-12,14H2,1-2H3,(H2,24,25,27,31). The summed E-state index contributed by atoms with van der Waals surface area (Å²) in [5, 5.41) is 5.65. The highest BCUT2D eigenvalue weighted by atomic mass is 79.9. The summed E-state index contributed by atoms with van der Waals surface area (Å²) in [6.45, 7) is 5.64. The third-order valence-electron chi connectivity index (χ3n) is 4.80. The molecular weight excluding hydrogens is 514 g/mol. The Morgan fingerprint density at radius 2 is 1.81 bits per heavy atom. The Morgan fingerprint density at radius 1 is 1.16 bits per heavy atom. The van der Waals surface area contributed by atoms with Crippen molar-refractivity contribution in [2.75, 3.05) is 25.0 Å². The molecule has 10 heteroatoms. The Balaban J connectivity index is 1.64. The van der Waals surface area contributed by atoms with Crippen LogP contribution in [0.15, 0.2) is 51.8 Å². The van der Waals surface area contributed by atoms with E-state index in [4.69, 9.17) is 17.0 Å². The molecule has 32 heavy (non-hydrogen) atoms. The predicted octanol–water partition coefficient (Wildman–Crippen LogP) is 4.40. The minimum Gasteiger partial charge on any atom is -0.492 e. The third-order valence-corrected chi connectivity index (χ3v) is 7.41. The number of thiocarbonyl (C=S) groups is 1. The van der Waals surface area contributed by atoms with E-state index < -0.39 is 15.9 Å². The van der Waals surface area contributed by atoms with Crippen LogP contribution in [-0.2, 0) is 10.0 Å². The molecule has 1 heterocycles. The summed E-state index contributed by atoms with van der Waals surface area (Å²) >= 11 is 8.64. The van der Waals surface area contributed by atoms with E-state index in [1.54, 1.807) is 30.3 Å². The van der Waals surface area contributed by atoms with Gasteiger partial charge in [0.2, 0.25) is 10.0 Å². The van der Waals surface area contributed by atoms with Crippen molar-refractivity contribution >= 4 is 54.9 Å². The highest BCUT2D eigenvalue weighted by Crippen LogP contribution is 2.24. The highest BCUT2D eigenvalue weighted by molar-refractivity contribution is 9.10. The Hall–Kier alpha value is -2.01. The number of rotatable bonds is 7. The molecule has 2 aromatic rings. The number of hydrogen-bond donors (Lipinski definition) is 2. The molecule has 7 nitrogen and oxygen atoms in total. The summed E-state index contributed by atoms with van der Waals surface area (Å²) in [7, 11) is -3.47. The quantitative estimate of drug-likeness (QED) is 0.507. The Bertz CT molecular complexity index is 1080. The van der Waals surface area contributed by atoms with Gasteiger partial charge in [-0.1, -0.05) is 29.8 Å². The van der Waals surface area contributed by atoms with Crippen LogP contribution in [0.3, 0.4) is 0 Å². The number of sulfonamides is 1. The SMILES string of the molecule is CC(C)COc1ccc(Br)cc1C(=O)NC(=S)Nc1ccc(S(=O)(=O)N2CCCC2)cc1. The third kappa shape index (κ3) is 6.28. The first kappa shape index (κ1) is 24.6. The number of halogens is 1. The molecule has 1 aliphatic heterocycles. The topological polar surface area (TPSA) is 87.7 Å². The van der Waals surface area contributed by atoms with Gasteiger partial charge in [-0.25, -0.2) is 8.42 Å². The van der Waals surface area contributed by atoms with Crippen LogP contribution in [-0.4, -0.2) is 43.4 Å². The second-order valence-corrected chi connectivity index (χ2v) is 11.2. The molecule has 3 rings (SSSR count). The largest absolute Gasteiger partial charge is 0.492 e. The van der Waals surface area contributed by atoms with Crippen molar-refractivity contribution in [3.8, 4) is 5.75 Å². The minimum atomic E-state index is -3.47. The molecule has 2 N–H and O–H groups in total. The lowest BCUT2D eigenvalue weighted by molar-refractivity contribution is 0.0973. The van der Waals surface area contributed by atoms with Gasteiger partial charge in [-0.3, -0.25) is 10.1 Å². The van der Waals surface area contributed by atoms with E-state index in [1.807, 2.05) is 13.8 Å².